The van der Waals surface area contributed by atoms with Crippen molar-refractivity contribution in [2.75, 3.05) is 13.1 Å². The van der Waals surface area contributed by atoms with Crippen molar-refractivity contribution in [3.63, 3.8) is 0 Å². The van der Waals surface area contributed by atoms with Gasteiger partial charge < -0.3 is 10.6 Å². The van der Waals surface area contributed by atoms with Crippen LogP contribution in [0.1, 0.15) is 42.2 Å². The SMILES string of the molecule is Cl.O=C(CC1CC1c1ccc(F)cc1)[C@@H]1CNC[C@H]1C(=O)NC1C[C@@H]1c1ccc(F)cc1. The van der Waals surface area contributed by atoms with Gasteiger partial charge in [0, 0.05) is 37.4 Å². The van der Waals surface area contributed by atoms with Crippen LogP contribution in [0, 0.1) is 29.4 Å². The molecule has 1 amide bonds. The summed E-state index contributed by atoms with van der Waals surface area (Å²) < 4.78 is 26.2. The van der Waals surface area contributed by atoms with Gasteiger partial charge in [0.1, 0.15) is 17.4 Å². The van der Waals surface area contributed by atoms with E-state index >= 15 is 0 Å². The van der Waals surface area contributed by atoms with Crippen LogP contribution >= 0.6 is 12.4 Å². The smallest absolute Gasteiger partial charge is 0.225 e. The first-order valence-corrected chi connectivity index (χ1v) is 11.0. The largest absolute Gasteiger partial charge is 0.352 e. The second-order valence-electron chi connectivity index (χ2n) is 9.20. The molecule has 3 aliphatic rings. The lowest BCUT2D eigenvalue weighted by atomic mass is 9.88. The average molecular weight is 461 g/mol. The summed E-state index contributed by atoms with van der Waals surface area (Å²) >= 11 is 0. The normalized spacial score (nSPS) is 30.3. The number of hydrogen-bond donors (Lipinski definition) is 2. The molecule has 0 radical (unpaired) electrons. The van der Waals surface area contributed by atoms with E-state index in [0.717, 1.165) is 24.0 Å². The summed E-state index contributed by atoms with van der Waals surface area (Å²) in [5, 5.41) is 6.30. The molecule has 0 bridgehead atoms. The zero-order valence-corrected chi connectivity index (χ0v) is 18.4. The first-order chi connectivity index (χ1) is 15.0. The molecular formula is C25H27ClF2N2O2. The number of ketones is 1. The van der Waals surface area contributed by atoms with Gasteiger partial charge in [-0.15, -0.1) is 12.4 Å². The Bertz CT molecular complexity index is 903. The first kappa shape index (κ1) is 22.9. The number of halogens is 3. The topological polar surface area (TPSA) is 58.2 Å². The second-order valence-corrected chi connectivity index (χ2v) is 9.20. The Labute approximate surface area is 192 Å². The van der Waals surface area contributed by atoms with Crippen molar-refractivity contribution in [1.82, 2.24) is 10.6 Å². The van der Waals surface area contributed by atoms with E-state index in [9.17, 15) is 18.4 Å². The van der Waals surface area contributed by atoms with Crippen LogP contribution in [0.2, 0.25) is 0 Å². The van der Waals surface area contributed by atoms with Crippen LogP contribution in [-0.4, -0.2) is 30.8 Å². The van der Waals surface area contributed by atoms with Gasteiger partial charge in [-0.25, -0.2) is 8.78 Å². The van der Waals surface area contributed by atoms with Gasteiger partial charge >= 0.3 is 0 Å². The monoisotopic (exact) mass is 460 g/mol. The number of carbonyl (C=O) groups is 2. The minimum atomic E-state index is -0.343. The molecule has 1 heterocycles. The van der Waals surface area contributed by atoms with Crippen molar-refractivity contribution >= 4 is 24.1 Å². The molecule has 5 rings (SSSR count). The molecule has 0 spiro atoms. The summed E-state index contributed by atoms with van der Waals surface area (Å²) in [6, 6.07) is 13.0. The Kier molecular flexibility index (Phi) is 6.63. The number of amides is 1. The van der Waals surface area contributed by atoms with E-state index in [1.807, 2.05) is 0 Å². The lowest BCUT2D eigenvalue weighted by molar-refractivity contribution is -0.132. The Morgan fingerprint density at radius 2 is 1.41 bits per heavy atom. The first-order valence-electron chi connectivity index (χ1n) is 11.0. The van der Waals surface area contributed by atoms with E-state index < -0.39 is 0 Å². The minimum absolute atomic E-state index is 0. The third-order valence-corrected chi connectivity index (χ3v) is 7.06. The standard InChI is InChI=1S/C25H26F2N2O2.ClH/c26-17-5-1-14(2-6-17)19-9-16(19)10-24(30)21-12-28-13-22(21)25(31)29-23-11-20(23)15-3-7-18(27)8-4-15;/h1-8,16,19-23,28H,9-13H2,(H,29,31);1H/t16?,19?,20-,21-,22-,23?;/m1./s1. The van der Waals surface area contributed by atoms with Crippen molar-refractivity contribution in [3.05, 3.63) is 71.3 Å². The molecule has 6 atom stereocenters. The van der Waals surface area contributed by atoms with E-state index in [1.165, 1.54) is 24.3 Å². The van der Waals surface area contributed by atoms with Crippen LogP contribution in [0.3, 0.4) is 0 Å². The van der Waals surface area contributed by atoms with Crippen LogP contribution in [0.15, 0.2) is 48.5 Å². The molecule has 4 nitrogen and oxygen atoms in total. The maximum absolute atomic E-state index is 13.1. The van der Waals surface area contributed by atoms with Crippen molar-refractivity contribution in [2.45, 2.75) is 37.1 Å². The molecule has 1 saturated heterocycles. The fourth-order valence-electron chi connectivity index (χ4n) is 5.02. The van der Waals surface area contributed by atoms with Gasteiger partial charge in [0.25, 0.3) is 0 Å². The summed E-state index contributed by atoms with van der Waals surface area (Å²) in [5.74, 6) is -0.253. The second kappa shape index (κ2) is 9.28. The summed E-state index contributed by atoms with van der Waals surface area (Å²) in [7, 11) is 0. The van der Waals surface area contributed by atoms with Gasteiger partial charge in [0.15, 0.2) is 0 Å². The van der Waals surface area contributed by atoms with Crippen LogP contribution in [0.25, 0.3) is 0 Å². The van der Waals surface area contributed by atoms with Crippen molar-refractivity contribution < 1.29 is 18.4 Å². The lowest BCUT2D eigenvalue weighted by Crippen LogP contribution is -2.39. The van der Waals surface area contributed by atoms with Gasteiger partial charge in [-0.05, 0) is 60.1 Å². The number of benzene rings is 2. The molecule has 32 heavy (non-hydrogen) atoms. The highest BCUT2D eigenvalue weighted by atomic mass is 35.5. The van der Waals surface area contributed by atoms with Gasteiger partial charge in [-0.2, -0.15) is 0 Å². The van der Waals surface area contributed by atoms with Crippen LogP contribution < -0.4 is 10.6 Å². The Hall–Kier alpha value is -2.31. The number of nitrogens with one attached hydrogen (secondary N) is 2. The van der Waals surface area contributed by atoms with E-state index in [2.05, 4.69) is 10.6 Å². The minimum Gasteiger partial charge on any atom is -0.352 e. The van der Waals surface area contributed by atoms with Crippen LogP contribution in [-0.2, 0) is 9.59 Å². The van der Waals surface area contributed by atoms with Crippen molar-refractivity contribution in [2.24, 2.45) is 17.8 Å². The molecule has 0 aromatic heterocycles. The molecule has 2 N–H and O–H groups in total. The average Bonchev–Trinajstić information content (AvgIpc) is 3.64. The molecule has 3 fully saturated rings. The van der Waals surface area contributed by atoms with Gasteiger partial charge in [0.2, 0.25) is 5.91 Å². The van der Waals surface area contributed by atoms with Crippen LogP contribution in [0.5, 0.6) is 0 Å². The quantitative estimate of drug-likeness (QED) is 0.657. The van der Waals surface area contributed by atoms with Gasteiger partial charge in [-0.1, -0.05) is 24.3 Å². The Balaban J connectivity index is 0.00000245. The zero-order chi connectivity index (χ0) is 21.5. The number of carbonyl (C=O) groups excluding carboxylic acids is 2. The molecule has 170 valence electrons. The molecule has 2 aromatic rings. The maximum Gasteiger partial charge on any atom is 0.225 e. The van der Waals surface area contributed by atoms with E-state index in [0.29, 0.717) is 25.4 Å². The molecule has 3 unspecified atom stereocenters. The number of Topliss-reactive ketones (excluding diaryl/α,β-unsaturated/α-hetero) is 1. The van der Waals surface area contributed by atoms with Crippen molar-refractivity contribution in [3.8, 4) is 0 Å². The van der Waals surface area contributed by atoms with Crippen molar-refractivity contribution in [1.29, 1.82) is 0 Å². The highest BCUT2D eigenvalue weighted by molar-refractivity contribution is 5.90. The Morgan fingerprint density at radius 3 is 2.03 bits per heavy atom. The lowest BCUT2D eigenvalue weighted by Gasteiger charge is -2.17. The summed E-state index contributed by atoms with van der Waals surface area (Å²) in [6.45, 7) is 1.05. The molecule has 2 aromatic carbocycles. The van der Waals surface area contributed by atoms with E-state index in [4.69, 9.17) is 0 Å². The predicted molar refractivity (Wildman–Crippen MR) is 120 cm³/mol. The highest BCUT2D eigenvalue weighted by Crippen LogP contribution is 2.50. The maximum atomic E-state index is 13.1. The fraction of sp³-hybridized carbons (Fsp3) is 0.440. The Morgan fingerprint density at radius 1 is 0.844 bits per heavy atom. The number of hydrogen-bond acceptors (Lipinski definition) is 3. The molecule has 2 saturated carbocycles. The van der Waals surface area contributed by atoms with E-state index in [1.54, 1.807) is 24.3 Å². The fourth-order valence-corrected chi connectivity index (χ4v) is 5.02. The highest BCUT2D eigenvalue weighted by Gasteiger charge is 2.46. The predicted octanol–water partition coefficient (Wildman–Crippen LogP) is 3.96. The molecule has 2 aliphatic carbocycles. The molecule has 1 aliphatic heterocycles. The summed E-state index contributed by atoms with van der Waals surface area (Å²) in [4.78, 5) is 25.8. The number of rotatable bonds is 7. The summed E-state index contributed by atoms with van der Waals surface area (Å²) in [5.41, 5.74) is 2.11. The third-order valence-electron chi connectivity index (χ3n) is 7.06. The molecular weight excluding hydrogens is 434 g/mol. The third kappa shape index (κ3) is 4.86. The van der Waals surface area contributed by atoms with Crippen LogP contribution in [0.4, 0.5) is 8.78 Å². The summed E-state index contributed by atoms with van der Waals surface area (Å²) in [6.07, 6.45) is 2.26. The van der Waals surface area contributed by atoms with Gasteiger partial charge in [-0.3, -0.25) is 9.59 Å². The zero-order valence-electron chi connectivity index (χ0n) is 17.6. The molecule has 7 heteroatoms. The van der Waals surface area contributed by atoms with E-state index in [-0.39, 0.29) is 65.4 Å². The van der Waals surface area contributed by atoms with Gasteiger partial charge in [0.05, 0.1) is 5.92 Å².